The summed E-state index contributed by atoms with van der Waals surface area (Å²) in [5, 5.41) is 0. The fourth-order valence-corrected chi connectivity index (χ4v) is 6.75. The molecular weight excluding hydrogens is 528 g/mol. The second-order valence-corrected chi connectivity index (χ2v) is 12.7. The highest BCUT2D eigenvalue weighted by molar-refractivity contribution is 5.94. The summed E-state index contributed by atoms with van der Waals surface area (Å²) in [6, 6.07) is 25.3. The molecule has 0 unspecified atom stereocenters. The molecule has 0 saturated carbocycles. The summed E-state index contributed by atoms with van der Waals surface area (Å²) in [5.41, 5.74) is 9.61. The fourth-order valence-electron chi connectivity index (χ4n) is 6.75. The molecule has 0 bridgehead atoms. The quantitative estimate of drug-likeness (QED) is 0.220. The van der Waals surface area contributed by atoms with Crippen LogP contribution in [-0.4, -0.2) is 19.9 Å². The Morgan fingerprint density at radius 2 is 1.14 bits per heavy atom. The Kier molecular flexibility index (Phi) is 5.58. The number of aromatic nitrogens is 4. The molecule has 5 nitrogen and oxygen atoms in total. The Labute approximate surface area is 251 Å². The van der Waals surface area contributed by atoms with Crippen LogP contribution in [0.25, 0.3) is 52.2 Å². The average molecular weight is 561 g/mol. The lowest BCUT2D eigenvalue weighted by Crippen LogP contribution is -2.21. The predicted molar refractivity (Wildman–Crippen MR) is 173 cm³/mol. The first-order chi connectivity index (χ1) is 20.8. The van der Waals surface area contributed by atoms with Gasteiger partial charge in [0.05, 0.1) is 5.69 Å². The molecule has 3 aliphatic rings. The third-order valence-electron chi connectivity index (χ3n) is 9.27. The molecule has 2 aromatic heterocycles. The summed E-state index contributed by atoms with van der Waals surface area (Å²) < 4.78 is 6.06. The summed E-state index contributed by atoms with van der Waals surface area (Å²) in [6.45, 7) is 9.01. The summed E-state index contributed by atoms with van der Waals surface area (Å²) in [6.07, 6.45) is 10.5. The van der Waals surface area contributed by atoms with Gasteiger partial charge < -0.3 is 4.42 Å². The third kappa shape index (κ3) is 4.06. The van der Waals surface area contributed by atoms with Gasteiger partial charge in [-0.15, -0.1) is 0 Å². The summed E-state index contributed by atoms with van der Waals surface area (Å²) in [4.78, 5) is 20.2. The van der Waals surface area contributed by atoms with Gasteiger partial charge in [-0.1, -0.05) is 94.4 Å². The number of rotatable bonds is 4. The third-order valence-corrected chi connectivity index (χ3v) is 9.27. The highest BCUT2D eigenvalue weighted by Crippen LogP contribution is 2.48. The van der Waals surface area contributed by atoms with Gasteiger partial charge in [-0.2, -0.15) is 0 Å². The maximum atomic E-state index is 6.06. The van der Waals surface area contributed by atoms with Crippen LogP contribution in [0.2, 0.25) is 0 Å². The van der Waals surface area contributed by atoms with Gasteiger partial charge in [-0.25, -0.2) is 19.9 Å². The van der Waals surface area contributed by atoms with Crippen LogP contribution in [0.1, 0.15) is 79.5 Å². The standard InChI is InChI=1S/C38H32N4O/c1-37(2)27-13-7-5-11-25(27)21-29(37)34-40-33(41-35(42-34)30-22-26-12-6-8-14-28(26)38(30,3)4)23-17-19-24(20-18-23)36-39-31-15-9-10-16-32(31)43-36/h5-8,10-14,16-22H,9,15H2,1-4H3. The van der Waals surface area contributed by atoms with Crippen molar-refractivity contribution < 1.29 is 4.42 Å². The van der Waals surface area contributed by atoms with E-state index in [2.05, 4.69) is 107 Å². The maximum absolute atomic E-state index is 6.06. The number of allylic oxidation sites excluding steroid dienone is 3. The van der Waals surface area contributed by atoms with E-state index in [1.165, 1.54) is 22.3 Å². The van der Waals surface area contributed by atoms with Gasteiger partial charge in [-0.05, 0) is 65.5 Å². The van der Waals surface area contributed by atoms with E-state index >= 15 is 0 Å². The number of nitrogens with zero attached hydrogens (tertiary/aromatic N) is 4. The number of oxazole rings is 1. The van der Waals surface area contributed by atoms with Crippen LogP contribution in [0.3, 0.4) is 0 Å². The summed E-state index contributed by atoms with van der Waals surface area (Å²) >= 11 is 0. The maximum Gasteiger partial charge on any atom is 0.226 e. The number of hydrogen-bond acceptors (Lipinski definition) is 5. The van der Waals surface area contributed by atoms with E-state index < -0.39 is 0 Å². The van der Waals surface area contributed by atoms with Gasteiger partial charge in [-0.3, -0.25) is 0 Å². The zero-order valence-electron chi connectivity index (χ0n) is 24.8. The largest absolute Gasteiger partial charge is 0.436 e. The molecule has 3 aliphatic carbocycles. The monoisotopic (exact) mass is 560 g/mol. The van der Waals surface area contributed by atoms with Crippen molar-refractivity contribution in [3.63, 3.8) is 0 Å². The van der Waals surface area contributed by atoms with Gasteiger partial charge in [0.25, 0.3) is 0 Å². The van der Waals surface area contributed by atoms with Crippen molar-refractivity contribution in [2.24, 2.45) is 0 Å². The lowest BCUT2D eigenvalue weighted by Gasteiger charge is -2.26. The van der Waals surface area contributed by atoms with Crippen molar-refractivity contribution in [1.82, 2.24) is 19.9 Å². The van der Waals surface area contributed by atoms with Crippen molar-refractivity contribution in [2.45, 2.75) is 51.4 Å². The van der Waals surface area contributed by atoms with Gasteiger partial charge >= 0.3 is 0 Å². The molecule has 3 aromatic carbocycles. The predicted octanol–water partition coefficient (Wildman–Crippen LogP) is 8.82. The smallest absolute Gasteiger partial charge is 0.226 e. The SMILES string of the molecule is CC1(C)C(c2nc(C3=Cc4ccccc4C3(C)C)nc(-c3ccc(-c4nc5c(o4)C=CCC5)cc3)n2)=Cc2ccccc21. The molecule has 0 aliphatic heterocycles. The van der Waals surface area contributed by atoms with E-state index in [0.717, 1.165) is 46.6 Å². The van der Waals surface area contributed by atoms with E-state index in [9.17, 15) is 0 Å². The molecule has 2 heterocycles. The van der Waals surface area contributed by atoms with Crippen molar-refractivity contribution in [1.29, 1.82) is 0 Å². The Morgan fingerprint density at radius 3 is 1.70 bits per heavy atom. The van der Waals surface area contributed by atoms with Crippen LogP contribution in [0.15, 0.2) is 83.3 Å². The first-order valence-corrected chi connectivity index (χ1v) is 15.0. The van der Waals surface area contributed by atoms with Crippen LogP contribution in [0.4, 0.5) is 0 Å². The van der Waals surface area contributed by atoms with Gasteiger partial charge in [0.2, 0.25) is 5.89 Å². The van der Waals surface area contributed by atoms with E-state index in [1.54, 1.807) is 0 Å². The highest BCUT2D eigenvalue weighted by atomic mass is 16.4. The van der Waals surface area contributed by atoms with Crippen LogP contribution >= 0.6 is 0 Å². The lowest BCUT2D eigenvalue weighted by atomic mass is 9.80. The Morgan fingerprint density at radius 1 is 0.605 bits per heavy atom. The molecule has 43 heavy (non-hydrogen) atoms. The Bertz CT molecular complexity index is 1930. The minimum absolute atomic E-state index is 0.239. The van der Waals surface area contributed by atoms with Crippen LogP contribution in [0.5, 0.6) is 0 Å². The van der Waals surface area contributed by atoms with E-state index in [4.69, 9.17) is 24.4 Å². The van der Waals surface area contributed by atoms with Crippen molar-refractivity contribution in [3.8, 4) is 22.8 Å². The normalized spacial score (nSPS) is 17.2. The Balaban J connectivity index is 1.25. The second-order valence-electron chi connectivity index (χ2n) is 12.7. The molecule has 0 saturated heterocycles. The molecule has 0 atom stereocenters. The lowest BCUT2D eigenvalue weighted by molar-refractivity contribution is 0.560. The second kappa shape index (κ2) is 9.30. The topological polar surface area (TPSA) is 64.7 Å². The summed E-state index contributed by atoms with van der Waals surface area (Å²) in [7, 11) is 0. The number of aryl methyl sites for hydroxylation is 1. The first kappa shape index (κ1) is 25.8. The molecule has 0 amide bonds. The molecule has 0 fully saturated rings. The molecule has 0 N–H and O–H groups in total. The zero-order valence-corrected chi connectivity index (χ0v) is 24.8. The Hall–Kier alpha value is -4.90. The van der Waals surface area contributed by atoms with Crippen LogP contribution in [-0.2, 0) is 17.3 Å². The van der Waals surface area contributed by atoms with E-state index in [0.29, 0.717) is 23.4 Å². The zero-order chi connectivity index (χ0) is 29.3. The molecule has 210 valence electrons. The van der Waals surface area contributed by atoms with Gasteiger partial charge in [0.15, 0.2) is 23.2 Å². The minimum Gasteiger partial charge on any atom is -0.436 e. The molecule has 0 radical (unpaired) electrons. The van der Waals surface area contributed by atoms with Crippen molar-refractivity contribution in [2.75, 3.05) is 0 Å². The first-order valence-electron chi connectivity index (χ1n) is 15.0. The van der Waals surface area contributed by atoms with Crippen LogP contribution in [0, 0.1) is 0 Å². The van der Waals surface area contributed by atoms with Gasteiger partial charge in [0, 0.05) is 33.1 Å². The van der Waals surface area contributed by atoms with Crippen LogP contribution < -0.4 is 0 Å². The number of hydrogen-bond donors (Lipinski definition) is 0. The number of fused-ring (bicyclic) bond motifs is 3. The average Bonchev–Trinajstić information content (AvgIpc) is 3.66. The van der Waals surface area contributed by atoms with E-state index in [-0.39, 0.29) is 10.8 Å². The molecule has 5 heteroatoms. The van der Waals surface area contributed by atoms with Crippen molar-refractivity contribution >= 4 is 29.4 Å². The van der Waals surface area contributed by atoms with Gasteiger partial charge in [0.1, 0.15) is 0 Å². The molecular formula is C38H32N4O. The fraction of sp³-hybridized carbons (Fsp3) is 0.211. The van der Waals surface area contributed by atoms with E-state index in [1.807, 2.05) is 18.2 Å². The molecule has 5 aromatic rings. The summed E-state index contributed by atoms with van der Waals surface area (Å²) in [5.74, 6) is 3.59. The minimum atomic E-state index is -0.239. The number of benzene rings is 3. The highest BCUT2D eigenvalue weighted by Gasteiger charge is 2.38. The van der Waals surface area contributed by atoms with Crippen molar-refractivity contribution in [3.05, 3.63) is 124 Å². The molecule has 8 rings (SSSR count). The molecule has 0 spiro atoms.